The van der Waals surface area contributed by atoms with Gasteiger partial charge in [-0.1, -0.05) is 11.6 Å². The predicted octanol–water partition coefficient (Wildman–Crippen LogP) is 2.23. The van der Waals surface area contributed by atoms with Crippen LogP contribution in [0.5, 0.6) is 0 Å². The van der Waals surface area contributed by atoms with Gasteiger partial charge in [0.1, 0.15) is 17.2 Å². The van der Waals surface area contributed by atoms with Crippen molar-refractivity contribution in [1.82, 2.24) is 19.7 Å². The molecule has 0 amide bonds. The molecule has 2 aromatic heterocycles. The Labute approximate surface area is 104 Å². The molecule has 0 radical (unpaired) electrons. The van der Waals surface area contributed by atoms with E-state index in [9.17, 15) is 0 Å². The number of anilines is 3. The molecule has 2 rings (SSSR count). The lowest BCUT2D eigenvalue weighted by atomic mass is 10.4. The van der Waals surface area contributed by atoms with Crippen molar-refractivity contribution in [2.45, 2.75) is 19.9 Å². The van der Waals surface area contributed by atoms with Crippen LogP contribution in [0.1, 0.15) is 19.9 Å². The molecule has 3 N–H and O–H groups in total. The van der Waals surface area contributed by atoms with Gasteiger partial charge in [-0.05, 0) is 13.8 Å². The number of nitrogens with one attached hydrogen (secondary N) is 1. The first kappa shape index (κ1) is 11.7. The first-order valence-corrected chi connectivity index (χ1v) is 5.53. The molecular weight excluding hydrogens is 240 g/mol. The molecule has 0 atom stereocenters. The largest absolute Gasteiger partial charge is 0.382 e. The summed E-state index contributed by atoms with van der Waals surface area (Å²) in [6, 6.07) is 0.302. The molecule has 90 valence electrons. The van der Waals surface area contributed by atoms with Crippen LogP contribution < -0.4 is 11.1 Å². The van der Waals surface area contributed by atoms with Gasteiger partial charge in [0.25, 0.3) is 0 Å². The summed E-state index contributed by atoms with van der Waals surface area (Å²) < 4.78 is 1.83. The van der Waals surface area contributed by atoms with Gasteiger partial charge in [-0.3, -0.25) is 4.68 Å². The third kappa shape index (κ3) is 2.47. The normalized spacial score (nSPS) is 10.8. The van der Waals surface area contributed by atoms with Crippen LogP contribution in [0.2, 0.25) is 5.02 Å². The van der Waals surface area contributed by atoms with Crippen molar-refractivity contribution in [1.29, 1.82) is 0 Å². The minimum absolute atomic E-state index is 0.250. The van der Waals surface area contributed by atoms with E-state index in [1.165, 1.54) is 6.33 Å². The molecule has 2 heterocycles. The molecule has 7 heteroatoms. The van der Waals surface area contributed by atoms with Crippen molar-refractivity contribution in [3.63, 3.8) is 0 Å². The van der Waals surface area contributed by atoms with E-state index in [2.05, 4.69) is 20.4 Å². The van der Waals surface area contributed by atoms with Crippen LogP contribution in [0.15, 0.2) is 18.7 Å². The van der Waals surface area contributed by atoms with E-state index in [1.54, 1.807) is 6.20 Å². The smallest absolute Gasteiger partial charge is 0.154 e. The highest BCUT2D eigenvalue weighted by Crippen LogP contribution is 2.26. The van der Waals surface area contributed by atoms with Gasteiger partial charge in [0, 0.05) is 12.2 Å². The van der Waals surface area contributed by atoms with Gasteiger partial charge in [-0.25, -0.2) is 9.97 Å². The van der Waals surface area contributed by atoms with Crippen molar-refractivity contribution in [3.8, 4) is 0 Å². The Kier molecular flexibility index (Phi) is 3.14. The Hall–Kier alpha value is -1.82. The van der Waals surface area contributed by atoms with Gasteiger partial charge in [-0.2, -0.15) is 5.10 Å². The summed E-state index contributed by atoms with van der Waals surface area (Å²) in [4.78, 5) is 7.81. The van der Waals surface area contributed by atoms with Crippen LogP contribution in [-0.4, -0.2) is 19.7 Å². The van der Waals surface area contributed by atoms with E-state index in [0.717, 1.165) is 5.69 Å². The second kappa shape index (κ2) is 4.58. The zero-order chi connectivity index (χ0) is 12.4. The van der Waals surface area contributed by atoms with Gasteiger partial charge in [0.15, 0.2) is 5.82 Å². The second-order valence-corrected chi connectivity index (χ2v) is 4.23. The SMILES string of the molecule is CC(C)n1cc(Nc2ncnc(N)c2Cl)cn1. The lowest BCUT2D eigenvalue weighted by molar-refractivity contribution is 0.532. The second-order valence-electron chi connectivity index (χ2n) is 3.85. The predicted molar refractivity (Wildman–Crippen MR) is 67.3 cm³/mol. The molecule has 0 spiro atoms. The molecular formula is C10H13ClN6. The first-order valence-electron chi connectivity index (χ1n) is 5.15. The number of nitrogens with zero attached hydrogens (tertiary/aromatic N) is 4. The maximum atomic E-state index is 5.97. The maximum Gasteiger partial charge on any atom is 0.154 e. The van der Waals surface area contributed by atoms with Gasteiger partial charge < -0.3 is 11.1 Å². The Morgan fingerprint density at radius 3 is 2.82 bits per heavy atom. The van der Waals surface area contributed by atoms with Crippen molar-refractivity contribution in [2.75, 3.05) is 11.1 Å². The Bertz CT molecular complexity index is 521. The lowest BCUT2D eigenvalue weighted by Gasteiger charge is -2.06. The number of hydrogen-bond acceptors (Lipinski definition) is 5. The molecule has 6 nitrogen and oxygen atoms in total. The average molecular weight is 253 g/mol. The minimum Gasteiger partial charge on any atom is -0.382 e. The number of hydrogen-bond donors (Lipinski definition) is 2. The van der Waals surface area contributed by atoms with E-state index < -0.39 is 0 Å². The van der Waals surface area contributed by atoms with Crippen LogP contribution in [0.3, 0.4) is 0 Å². The summed E-state index contributed by atoms with van der Waals surface area (Å²) in [5, 5.41) is 7.55. The van der Waals surface area contributed by atoms with Gasteiger partial charge in [0.2, 0.25) is 0 Å². The zero-order valence-electron chi connectivity index (χ0n) is 9.55. The molecule has 0 fully saturated rings. The average Bonchev–Trinajstić information content (AvgIpc) is 2.73. The van der Waals surface area contributed by atoms with Crippen LogP contribution in [0, 0.1) is 0 Å². The molecule has 0 unspecified atom stereocenters. The summed E-state index contributed by atoms with van der Waals surface area (Å²) in [6.45, 7) is 4.10. The van der Waals surface area contributed by atoms with E-state index in [1.807, 2.05) is 24.7 Å². The first-order chi connectivity index (χ1) is 8.08. The van der Waals surface area contributed by atoms with Crippen molar-refractivity contribution < 1.29 is 0 Å². The van der Waals surface area contributed by atoms with E-state index in [-0.39, 0.29) is 5.82 Å². The Morgan fingerprint density at radius 2 is 2.18 bits per heavy atom. The summed E-state index contributed by atoms with van der Waals surface area (Å²) >= 11 is 5.97. The topological polar surface area (TPSA) is 81.7 Å². The minimum atomic E-state index is 0.250. The fraction of sp³-hybridized carbons (Fsp3) is 0.300. The summed E-state index contributed by atoms with van der Waals surface area (Å²) in [5.74, 6) is 0.725. The number of nitrogen functional groups attached to an aromatic ring is 1. The quantitative estimate of drug-likeness (QED) is 0.875. The van der Waals surface area contributed by atoms with Crippen LogP contribution >= 0.6 is 11.6 Å². The summed E-state index contributed by atoms with van der Waals surface area (Å²) in [5.41, 5.74) is 6.39. The zero-order valence-corrected chi connectivity index (χ0v) is 10.3. The number of nitrogens with two attached hydrogens (primary N) is 1. The van der Waals surface area contributed by atoms with E-state index >= 15 is 0 Å². The highest BCUT2D eigenvalue weighted by atomic mass is 35.5. The standard InChI is InChI=1S/C10H13ClN6/c1-6(2)17-4-7(3-15-17)16-10-8(11)9(12)13-5-14-10/h3-6H,1-2H3,(H3,12,13,14,16). The number of halogens is 1. The van der Waals surface area contributed by atoms with Gasteiger partial charge in [0.05, 0.1) is 11.9 Å². The van der Waals surface area contributed by atoms with E-state index in [4.69, 9.17) is 17.3 Å². The fourth-order valence-corrected chi connectivity index (χ4v) is 1.44. The van der Waals surface area contributed by atoms with E-state index in [0.29, 0.717) is 16.9 Å². The Balaban J connectivity index is 2.22. The number of aromatic nitrogens is 4. The van der Waals surface area contributed by atoms with Crippen molar-refractivity contribution >= 4 is 28.9 Å². The molecule has 0 saturated heterocycles. The summed E-state index contributed by atoms with van der Waals surface area (Å²) in [6.07, 6.45) is 4.93. The lowest BCUT2D eigenvalue weighted by Crippen LogP contribution is -2.01. The molecule has 17 heavy (non-hydrogen) atoms. The van der Waals surface area contributed by atoms with Crippen LogP contribution in [0.25, 0.3) is 0 Å². The van der Waals surface area contributed by atoms with Gasteiger partial charge >= 0.3 is 0 Å². The molecule has 0 aliphatic carbocycles. The van der Waals surface area contributed by atoms with Crippen molar-refractivity contribution in [2.24, 2.45) is 0 Å². The fourth-order valence-electron chi connectivity index (χ4n) is 1.29. The molecule has 0 aliphatic heterocycles. The van der Waals surface area contributed by atoms with Crippen molar-refractivity contribution in [3.05, 3.63) is 23.7 Å². The molecule has 0 saturated carbocycles. The molecule has 0 bridgehead atoms. The molecule has 0 aliphatic rings. The molecule has 2 aromatic rings. The Morgan fingerprint density at radius 1 is 1.41 bits per heavy atom. The highest BCUT2D eigenvalue weighted by molar-refractivity contribution is 6.35. The van der Waals surface area contributed by atoms with Crippen LogP contribution in [-0.2, 0) is 0 Å². The maximum absolute atomic E-state index is 5.97. The highest BCUT2D eigenvalue weighted by Gasteiger charge is 2.08. The molecule has 0 aromatic carbocycles. The third-order valence-corrected chi connectivity index (χ3v) is 2.58. The monoisotopic (exact) mass is 252 g/mol. The summed E-state index contributed by atoms with van der Waals surface area (Å²) in [7, 11) is 0. The third-order valence-electron chi connectivity index (χ3n) is 2.21. The van der Waals surface area contributed by atoms with Gasteiger partial charge in [-0.15, -0.1) is 0 Å². The van der Waals surface area contributed by atoms with Crippen LogP contribution in [0.4, 0.5) is 17.3 Å². The number of rotatable bonds is 3.